The SMILES string of the molecule is CCCOc1cc(N)cc(NCC(C)c2ccccc2)c1. The summed E-state index contributed by atoms with van der Waals surface area (Å²) in [5.74, 6) is 1.26. The molecular weight excluding hydrogens is 260 g/mol. The van der Waals surface area contributed by atoms with E-state index in [-0.39, 0.29) is 0 Å². The molecule has 0 bridgehead atoms. The van der Waals surface area contributed by atoms with Gasteiger partial charge in [0.05, 0.1) is 6.61 Å². The Morgan fingerprint density at radius 3 is 2.62 bits per heavy atom. The first-order valence-corrected chi connectivity index (χ1v) is 7.51. The zero-order valence-corrected chi connectivity index (χ0v) is 12.8. The lowest BCUT2D eigenvalue weighted by Crippen LogP contribution is -2.10. The Bertz CT molecular complexity index is 554. The number of ether oxygens (including phenoxy) is 1. The van der Waals surface area contributed by atoms with Crippen LogP contribution in [0.5, 0.6) is 5.75 Å². The highest BCUT2D eigenvalue weighted by atomic mass is 16.5. The van der Waals surface area contributed by atoms with Crippen molar-refractivity contribution >= 4 is 11.4 Å². The van der Waals surface area contributed by atoms with E-state index in [0.29, 0.717) is 12.5 Å². The van der Waals surface area contributed by atoms with Gasteiger partial charge >= 0.3 is 0 Å². The van der Waals surface area contributed by atoms with E-state index < -0.39 is 0 Å². The monoisotopic (exact) mass is 284 g/mol. The van der Waals surface area contributed by atoms with Gasteiger partial charge in [0.1, 0.15) is 5.75 Å². The van der Waals surface area contributed by atoms with Crippen LogP contribution in [0.1, 0.15) is 31.7 Å². The average Bonchev–Trinajstić information content (AvgIpc) is 2.51. The predicted molar refractivity (Wildman–Crippen MR) is 90.0 cm³/mol. The molecule has 3 N–H and O–H groups in total. The molecule has 0 saturated heterocycles. The average molecular weight is 284 g/mol. The summed E-state index contributed by atoms with van der Waals surface area (Å²) in [4.78, 5) is 0. The summed E-state index contributed by atoms with van der Waals surface area (Å²) in [6, 6.07) is 16.3. The van der Waals surface area contributed by atoms with Crippen molar-refractivity contribution in [2.75, 3.05) is 24.2 Å². The van der Waals surface area contributed by atoms with Crippen molar-refractivity contribution in [1.82, 2.24) is 0 Å². The molecule has 0 aliphatic rings. The van der Waals surface area contributed by atoms with E-state index >= 15 is 0 Å². The summed E-state index contributed by atoms with van der Waals surface area (Å²) >= 11 is 0. The molecule has 1 atom stereocenters. The first kappa shape index (κ1) is 15.2. The van der Waals surface area contributed by atoms with Crippen molar-refractivity contribution in [1.29, 1.82) is 0 Å². The van der Waals surface area contributed by atoms with Gasteiger partial charge in [0.2, 0.25) is 0 Å². The lowest BCUT2D eigenvalue weighted by molar-refractivity contribution is 0.318. The van der Waals surface area contributed by atoms with Crippen LogP contribution in [0.25, 0.3) is 0 Å². The molecule has 0 aliphatic heterocycles. The first-order chi connectivity index (χ1) is 10.2. The van der Waals surface area contributed by atoms with E-state index in [1.165, 1.54) is 5.56 Å². The number of nitrogen functional groups attached to an aromatic ring is 1. The van der Waals surface area contributed by atoms with Gasteiger partial charge in [-0.3, -0.25) is 0 Å². The van der Waals surface area contributed by atoms with Gasteiger partial charge in [0.25, 0.3) is 0 Å². The third kappa shape index (κ3) is 4.71. The smallest absolute Gasteiger partial charge is 0.123 e. The second-order valence-electron chi connectivity index (χ2n) is 5.33. The molecule has 112 valence electrons. The number of hydrogen-bond acceptors (Lipinski definition) is 3. The van der Waals surface area contributed by atoms with Crippen LogP contribution in [0.4, 0.5) is 11.4 Å². The molecule has 2 aromatic rings. The summed E-state index contributed by atoms with van der Waals surface area (Å²) in [7, 11) is 0. The molecule has 0 saturated carbocycles. The van der Waals surface area contributed by atoms with Crippen molar-refractivity contribution in [2.45, 2.75) is 26.2 Å². The maximum Gasteiger partial charge on any atom is 0.123 e. The third-order valence-electron chi connectivity index (χ3n) is 3.38. The molecule has 0 spiro atoms. The molecule has 0 amide bonds. The topological polar surface area (TPSA) is 47.3 Å². The Labute approximate surface area is 127 Å². The summed E-state index contributed by atoms with van der Waals surface area (Å²) < 4.78 is 5.65. The summed E-state index contributed by atoms with van der Waals surface area (Å²) in [5, 5.41) is 3.44. The van der Waals surface area contributed by atoms with Gasteiger partial charge in [-0.1, -0.05) is 44.2 Å². The number of nitrogens with two attached hydrogens (primary N) is 1. The highest BCUT2D eigenvalue weighted by molar-refractivity contribution is 5.59. The number of hydrogen-bond donors (Lipinski definition) is 2. The number of nitrogens with one attached hydrogen (secondary N) is 1. The normalized spacial score (nSPS) is 11.9. The van der Waals surface area contributed by atoms with Crippen LogP contribution >= 0.6 is 0 Å². The Morgan fingerprint density at radius 2 is 1.90 bits per heavy atom. The van der Waals surface area contributed by atoms with Crippen molar-refractivity contribution in [3.63, 3.8) is 0 Å². The van der Waals surface area contributed by atoms with Crippen LogP contribution in [0.2, 0.25) is 0 Å². The van der Waals surface area contributed by atoms with E-state index in [4.69, 9.17) is 10.5 Å². The van der Waals surface area contributed by atoms with Gasteiger partial charge in [0.15, 0.2) is 0 Å². The molecule has 0 radical (unpaired) electrons. The lowest BCUT2D eigenvalue weighted by atomic mass is 10.0. The van der Waals surface area contributed by atoms with E-state index in [2.05, 4.69) is 43.4 Å². The maximum atomic E-state index is 5.93. The van der Waals surface area contributed by atoms with Crippen molar-refractivity contribution in [3.8, 4) is 5.75 Å². The van der Waals surface area contributed by atoms with Gasteiger partial charge in [0, 0.05) is 30.1 Å². The van der Waals surface area contributed by atoms with E-state index in [0.717, 1.165) is 30.1 Å². The van der Waals surface area contributed by atoms with Gasteiger partial charge in [-0.15, -0.1) is 0 Å². The third-order valence-corrected chi connectivity index (χ3v) is 3.38. The van der Waals surface area contributed by atoms with Crippen molar-refractivity contribution in [2.24, 2.45) is 0 Å². The number of rotatable bonds is 7. The van der Waals surface area contributed by atoms with Gasteiger partial charge in [-0.25, -0.2) is 0 Å². The first-order valence-electron chi connectivity index (χ1n) is 7.51. The summed E-state index contributed by atoms with van der Waals surface area (Å²) in [6.07, 6.45) is 0.989. The predicted octanol–water partition coefficient (Wildman–Crippen LogP) is 4.27. The lowest BCUT2D eigenvalue weighted by Gasteiger charge is -2.15. The van der Waals surface area contributed by atoms with Gasteiger partial charge in [-0.2, -0.15) is 0 Å². The second-order valence-corrected chi connectivity index (χ2v) is 5.33. The standard InChI is InChI=1S/C18H24N2O/c1-3-9-21-18-11-16(19)10-17(12-18)20-13-14(2)15-7-5-4-6-8-15/h4-8,10-12,14,20H,3,9,13,19H2,1-2H3. The minimum atomic E-state index is 0.438. The molecule has 3 heteroatoms. The Morgan fingerprint density at radius 1 is 1.14 bits per heavy atom. The minimum absolute atomic E-state index is 0.438. The molecule has 21 heavy (non-hydrogen) atoms. The van der Waals surface area contributed by atoms with Crippen molar-refractivity contribution < 1.29 is 4.74 Å². The molecule has 2 aromatic carbocycles. The van der Waals surface area contributed by atoms with Gasteiger partial charge < -0.3 is 15.8 Å². The van der Waals surface area contributed by atoms with Crippen LogP contribution in [0.3, 0.4) is 0 Å². The fourth-order valence-electron chi connectivity index (χ4n) is 2.20. The van der Waals surface area contributed by atoms with Gasteiger partial charge in [-0.05, 0) is 24.0 Å². The molecule has 0 aliphatic carbocycles. The van der Waals surface area contributed by atoms with E-state index in [1.54, 1.807) is 0 Å². The van der Waals surface area contributed by atoms with Crippen LogP contribution in [-0.2, 0) is 0 Å². The van der Waals surface area contributed by atoms with E-state index in [9.17, 15) is 0 Å². The summed E-state index contributed by atoms with van der Waals surface area (Å²) in [6.45, 7) is 5.88. The molecule has 3 nitrogen and oxygen atoms in total. The molecule has 0 heterocycles. The Kier molecular flexibility index (Phi) is 5.50. The Balaban J connectivity index is 1.97. The maximum absolute atomic E-state index is 5.93. The number of benzene rings is 2. The quantitative estimate of drug-likeness (QED) is 0.746. The summed E-state index contributed by atoms with van der Waals surface area (Å²) in [5.41, 5.74) is 8.98. The molecule has 0 aromatic heterocycles. The van der Waals surface area contributed by atoms with Crippen LogP contribution in [-0.4, -0.2) is 13.2 Å². The minimum Gasteiger partial charge on any atom is -0.493 e. The van der Waals surface area contributed by atoms with Crippen LogP contribution in [0.15, 0.2) is 48.5 Å². The Hall–Kier alpha value is -2.16. The molecule has 1 unspecified atom stereocenters. The molecule has 0 fully saturated rings. The highest BCUT2D eigenvalue weighted by Crippen LogP contribution is 2.24. The number of anilines is 2. The largest absolute Gasteiger partial charge is 0.493 e. The highest BCUT2D eigenvalue weighted by Gasteiger charge is 2.06. The van der Waals surface area contributed by atoms with Crippen molar-refractivity contribution in [3.05, 3.63) is 54.1 Å². The fraction of sp³-hybridized carbons (Fsp3) is 0.333. The van der Waals surface area contributed by atoms with Crippen LogP contribution in [0, 0.1) is 0 Å². The van der Waals surface area contributed by atoms with Crippen LogP contribution < -0.4 is 15.8 Å². The fourth-order valence-corrected chi connectivity index (χ4v) is 2.20. The van der Waals surface area contributed by atoms with E-state index in [1.807, 2.05) is 24.3 Å². The zero-order chi connectivity index (χ0) is 15.1. The zero-order valence-electron chi connectivity index (χ0n) is 12.8. The second kappa shape index (κ2) is 7.58. The molecular formula is C18H24N2O. The molecule has 2 rings (SSSR count).